The van der Waals surface area contributed by atoms with Crippen LogP contribution in [0.1, 0.15) is 45.6 Å². The second-order valence-electron chi connectivity index (χ2n) is 7.81. The maximum atomic E-state index is 13.2. The van der Waals surface area contributed by atoms with Crippen molar-refractivity contribution in [1.82, 2.24) is 4.90 Å². The number of piperidine rings is 1. The van der Waals surface area contributed by atoms with Crippen molar-refractivity contribution in [3.05, 3.63) is 29.8 Å². The fourth-order valence-corrected chi connectivity index (χ4v) is 3.94. The molecule has 2 aliphatic rings. The molecule has 0 aromatic heterocycles. The van der Waals surface area contributed by atoms with Crippen molar-refractivity contribution in [2.45, 2.75) is 46.5 Å². The van der Waals surface area contributed by atoms with Crippen molar-refractivity contribution in [3.63, 3.8) is 0 Å². The monoisotopic (exact) mass is 328 g/mol. The van der Waals surface area contributed by atoms with Crippen molar-refractivity contribution in [3.8, 4) is 0 Å². The molecule has 130 valence electrons. The molecule has 0 saturated carbocycles. The number of benzene rings is 1. The lowest BCUT2D eigenvalue weighted by molar-refractivity contribution is -0.148. The number of rotatable bonds is 2. The first-order valence-electron chi connectivity index (χ1n) is 9.10. The molecule has 1 fully saturated rings. The molecule has 2 heterocycles. The number of anilines is 1. The second-order valence-corrected chi connectivity index (χ2v) is 7.81. The minimum Gasteiger partial charge on any atom is -0.342 e. The van der Waals surface area contributed by atoms with Crippen LogP contribution in [0, 0.1) is 11.3 Å². The normalized spacial score (nSPS) is 21.4. The van der Waals surface area contributed by atoms with Gasteiger partial charge in [0.1, 0.15) is 5.41 Å². The molecule has 2 amide bonds. The average Bonchev–Trinajstić information content (AvgIpc) is 2.60. The van der Waals surface area contributed by atoms with Crippen LogP contribution in [-0.2, 0) is 16.0 Å². The lowest BCUT2D eigenvalue weighted by Crippen LogP contribution is -2.53. The molecule has 1 atom stereocenters. The van der Waals surface area contributed by atoms with Crippen molar-refractivity contribution in [2.75, 3.05) is 24.5 Å². The van der Waals surface area contributed by atoms with Crippen LogP contribution in [-0.4, -0.2) is 36.3 Å². The van der Waals surface area contributed by atoms with E-state index < -0.39 is 5.41 Å². The Kier molecular flexibility index (Phi) is 4.66. The molecule has 0 spiro atoms. The largest absolute Gasteiger partial charge is 0.342 e. The van der Waals surface area contributed by atoms with E-state index in [0.717, 1.165) is 44.5 Å². The summed E-state index contributed by atoms with van der Waals surface area (Å²) in [7, 11) is 0. The Morgan fingerprint density at radius 3 is 2.58 bits per heavy atom. The van der Waals surface area contributed by atoms with Crippen molar-refractivity contribution < 1.29 is 9.59 Å². The van der Waals surface area contributed by atoms with E-state index in [1.165, 1.54) is 5.56 Å². The summed E-state index contributed by atoms with van der Waals surface area (Å²) in [5, 5.41) is 0. The van der Waals surface area contributed by atoms with E-state index in [9.17, 15) is 9.59 Å². The van der Waals surface area contributed by atoms with E-state index in [-0.39, 0.29) is 11.8 Å². The summed E-state index contributed by atoms with van der Waals surface area (Å²) in [6.07, 6.45) is 4.15. The molecule has 2 aliphatic heterocycles. The molecular weight excluding hydrogens is 300 g/mol. The van der Waals surface area contributed by atoms with Crippen molar-refractivity contribution >= 4 is 17.5 Å². The number of para-hydroxylation sites is 1. The zero-order valence-electron chi connectivity index (χ0n) is 15.0. The van der Waals surface area contributed by atoms with Gasteiger partial charge in [-0.1, -0.05) is 25.1 Å². The Balaban J connectivity index is 1.82. The summed E-state index contributed by atoms with van der Waals surface area (Å²) in [5.74, 6) is 0.421. The summed E-state index contributed by atoms with van der Waals surface area (Å²) in [6, 6.07) is 8.05. The zero-order valence-corrected chi connectivity index (χ0v) is 15.0. The van der Waals surface area contributed by atoms with Crippen LogP contribution in [0.15, 0.2) is 24.3 Å². The van der Waals surface area contributed by atoms with Gasteiger partial charge in [-0.3, -0.25) is 9.59 Å². The van der Waals surface area contributed by atoms with E-state index in [0.29, 0.717) is 12.5 Å². The first-order chi connectivity index (χ1) is 11.4. The maximum Gasteiger partial charge on any atom is 0.242 e. The van der Waals surface area contributed by atoms with Gasteiger partial charge in [0.2, 0.25) is 11.8 Å². The van der Waals surface area contributed by atoms with E-state index in [1.807, 2.05) is 28.0 Å². The molecular formula is C20H28N2O2. The van der Waals surface area contributed by atoms with Gasteiger partial charge in [0, 0.05) is 25.3 Å². The van der Waals surface area contributed by atoms with E-state index >= 15 is 0 Å². The molecule has 1 unspecified atom stereocenters. The molecule has 24 heavy (non-hydrogen) atoms. The third kappa shape index (κ3) is 3.06. The summed E-state index contributed by atoms with van der Waals surface area (Å²) in [6.45, 7) is 7.99. The maximum absolute atomic E-state index is 13.2. The van der Waals surface area contributed by atoms with Crippen LogP contribution in [0.25, 0.3) is 0 Å². The van der Waals surface area contributed by atoms with Gasteiger partial charge in [-0.25, -0.2) is 0 Å². The van der Waals surface area contributed by atoms with Gasteiger partial charge in [0.25, 0.3) is 0 Å². The number of hydrogen-bond donors (Lipinski definition) is 0. The van der Waals surface area contributed by atoms with Gasteiger partial charge in [-0.05, 0) is 57.1 Å². The second kappa shape index (κ2) is 6.58. The Morgan fingerprint density at radius 2 is 1.83 bits per heavy atom. The summed E-state index contributed by atoms with van der Waals surface area (Å²) in [5.41, 5.74) is 1.16. The average molecular weight is 328 g/mol. The first kappa shape index (κ1) is 17.0. The van der Waals surface area contributed by atoms with Gasteiger partial charge in [0.05, 0.1) is 0 Å². The molecule has 4 nitrogen and oxygen atoms in total. The number of aryl methyl sites for hydroxylation is 1. The Labute approximate surface area is 144 Å². The highest BCUT2D eigenvalue weighted by molar-refractivity contribution is 6.11. The summed E-state index contributed by atoms with van der Waals surface area (Å²) >= 11 is 0. The highest BCUT2D eigenvalue weighted by atomic mass is 16.2. The number of carbonyl (C=O) groups excluding carboxylic acids is 2. The van der Waals surface area contributed by atoms with E-state index in [4.69, 9.17) is 0 Å². The van der Waals surface area contributed by atoms with Gasteiger partial charge < -0.3 is 9.80 Å². The van der Waals surface area contributed by atoms with Crippen LogP contribution in [0.3, 0.4) is 0 Å². The van der Waals surface area contributed by atoms with Crippen molar-refractivity contribution in [1.29, 1.82) is 0 Å². The minimum atomic E-state index is -1.01. The molecule has 0 N–H and O–H groups in total. The molecule has 1 aromatic carbocycles. The molecule has 0 aliphatic carbocycles. The van der Waals surface area contributed by atoms with Crippen LogP contribution in [0.5, 0.6) is 0 Å². The van der Waals surface area contributed by atoms with E-state index in [2.05, 4.69) is 13.0 Å². The quantitative estimate of drug-likeness (QED) is 0.782. The number of likely N-dealkylation sites (tertiary alicyclic amines) is 1. The highest BCUT2D eigenvalue weighted by Gasteiger charge is 2.43. The number of fused-ring (bicyclic) bond motifs is 1. The zero-order chi connectivity index (χ0) is 17.3. The van der Waals surface area contributed by atoms with Crippen molar-refractivity contribution in [2.24, 2.45) is 11.3 Å². The Hall–Kier alpha value is -1.84. The van der Waals surface area contributed by atoms with Crippen LogP contribution >= 0.6 is 0 Å². The third-order valence-electron chi connectivity index (χ3n) is 5.37. The number of amides is 2. The minimum absolute atomic E-state index is 0.0258. The SMILES string of the molecule is CC1CCCN(C(=O)C(C)(C)C(=O)N2CCCc3ccccc32)C1. The van der Waals surface area contributed by atoms with Crippen LogP contribution < -0.4 is 4.90 Å². The number of hydrogen-bond acceptors (Lipinski definition) is 2. The molecule has 0 radical (unpaired) electrons. The smallest absolute Gasteiger partial charge is 0.242 e. The lowest BCUT2D eigenvalue weighted by atomic mass is 9.86. The number of carbonyl (C=O) groups is 2. The molecule has 1 saturated heterocycles. The number of nitrogens with zero attached hydrogens (tertiary/aromatic N) is 2. The molecule has 1 aromatic rings. The molecule has 4 heteroatoms. The van der Waals surface area contributed by atoms with Gasteiger partial charge in [0.15, 0.2) is 0 Å². The van der Waals surface area contributed by atoms with Crippen LogP contribution in [0.2, 0.25) is 0 Å². The predicted molar refractivity (Wildman–Crippen MR) is 95.9 cm³/mol. The third-order valence-corrected chi connectivity index (χ3v) is 5.37. The van der Waals surface area contributed by atoms with Gasteiger partial charge in [-0.15, -0.1) is 0 Å². The molecule has 0 bridgehead atoms. The first-order valence-corrected chi connectivity index (χ1v) is 9.10. The molecule has 3 rings (SSSR count). The lowest BCUT2D eigenvalue weighted by Gasteiger charge is -2.39. The summed E-state index contributed by atoms with van der Waals surface area (Å²) < 4.78 is 0. The Morgan fingerprint density at radius 1 is 1.08 bits per heavy atom. The van der Waals surface area contributed by atoms with Gasteiger partial charge >= 0.3 is 0 Å². The van der Waals surface area contributed by atoms with Gasteiger partial charge in [-0.2, -0.15) is 0 Å². The fraction of sp³-hybridized carbons (Fsp3) is 0.600. The standard InChI is InChI=1S/C20H28N2O2/c1-15-8-6-12-21(14-15)18(23)20(2,3)19(24)22-13-7-10-16-9-4-5-11-17(16)22/h4-5,9,11,15H,6-8,10,12-14H2,1-3H3. The van der Waals surface area contributed by atoms with Crippen LogP contribution in [0.4, 0.5) is 5.69 Å². The predicted octanol–water partition coefficient (Wildman–Crippen LogP) is 3.25. The highest BCUT2D eigenvalue weighted by Crippen LogP contribution is 2.32. The van der Waals surface area contributed by atoms with E-state index in [1.54, 1.807) is 13.8 Å². The Bertz CT molecular complexity index is 638. The fourth-order valence-electron chi connectivity index (χ4n) is 3.94. The summed E-state index contributed by atoms with van der Waals surface area (Å²) in [4.78, 5) is 30.0. The topological polar surface area (TPSA) is 40.6 Å².